The maximum Gasteiger partial charge on any atom is 0.176 e. The zero-order valence-electron chi connectivity index (χ0n) is 16.1. The van der Waals surface area contributed by atoms with E-state index >= 15 is 0 Å². The molecule has 1 aromatic carbocycles. The third-order valence-electron chi connectivity index (χ3n) is 5.21. The van der Waals surface area contributed by atoms with Gasteiger partial charge in [-0.1, -0.05) is 71.4 Å². The Bertz CT molecular complexity index is 702. The van der Waals surface area contributed by atoms with Gasteiger partial charge < -0.3 is 4.42 Å². The molecule has 0 atom stereocenters. The molecule has 0 bridgehead atoms. The molecule has 0 amide bonds. The fraction of sp³-hybridized carbons (Fsp3) is 0.455. The summed E-state index contributed by atoms with van der Waals surface area (Å²) in [5, 5.41) is 0. The van der Waals surface area contributed by atoms with Crippen LogP contribution in [0.3, 0.4) is 0 Å². The fourth-order valence-corrected chi connectivity index (χ4v) is 9.09. The normalized spacial score (nSPS) is 11.9. The van der Waals surface area contributed by atoms with E-state index in [2.05, 4.69) is 84.2 Å². The molecule has 1 heterocycles. The second kappa shape index (κ2) is 7.45. The van der Waals surface area contributed by atoms with Crippen molar-refractivity contribution in [1.82, 2.24) is 0 Å². The van der Waals surface area contributed by atoms with Crippen LogP contribution in [0.5, 0.6) is 0 Å². The molecule has 0 aliphatic rings. The Kier molecular flexibility index (Phi) is 5.77. The van der Waals surface area contributed by atoms with Crippen LogP contribution in [0.25, 0.3) is 11.3 Å². The standard InChI is InChI=1S/C22H30OSi/c1-16(2)24(17(3)4,18(5)6)15-14-21-12-13-22(23-21)20-10-8-19(7)9-11-20/h8-13,16-18H,1-7H3. The maximum atomic E-state index is 5.99. The van der Waals surface area contributed by atoms with Gasteiger partial charge in [0.05, 0.1) is 0 Å². The van der Waals surface area contributed by atoms with Gasteiger partial charge in [-0.05, 0) is 41.6 Å². The molecule has 0 N–H and O–H groups in total. The summed E-state index contributed by atoms with van der Waals surface area (Å²) in [6, 6.07) is 12.4. The first kappa shape index (κ1) is 18.6. The molecule has 1 nitrogen and oxygen atoms in total. The highest BCUT2D eigenvalue weighted by atomic mass is 28.3. The highest BCUT2D eigenvalue weighted by Crippen LogP contribution is 2.40. The average Bonchev–Trinajstić information content (AvgIpc) is 2.96. The van der Waals surface area contributed by atoms with Crippen LogP contribution < -0.4 is 0 Å². The third kappa shape index (κ3) is 3.68. The van der Waals surface area contributed by atoms with Crippen molar-refractivity contribution in [2.75, 3.05) is 0 Å². The van der Waals surface area contributed by atoms with Crippen LogP contribution in [-0.4, -0.2) is 8.07 Å². The second-order valence-corrected chi connectivity index (χ2v) is 13.3. The summed E-state index contributed by atoms with van der Waals surface area (Å²) in [7, 11) is -1.71. The molecule has 0 saturated heterocycles. The summed E-state index contributed by atoms with van der Waals surface area (Å²) in [4.78, 5) is 0. The zero-order valence-corrected chi connectivity index (χ0v) is 17.1. The number of rotatable bonds is 4. The van der Waals surface area contributed by atoms with Crippen LogP contribution in [0.4, 0.5) is 0 Å². The lowest BCUT2D eigenvalue weighted by atomic mass is 10.1. The summed E-state index contributed by atoms with van der Waals surface area (Å²) in [6.07, 6.45) is 0. The molecule has 24 heavy (non-hydrogen) atoms. The summed E-state index contributed by atoms with van der Waals surface area (Å²) in [5.41, 5.74) is 7.99. The van der Waals surface area contributed by atoms with E-state index in [1.165, 1.54) is 5.56 Å². The molecule has 2 aromatic rings. The number of furan rings is 1. The van der Waals surface area contributed by atoms with E-state index in [0.29, 0.717) is 16.6 Å². The Balaban J connectivity index is 2.35. The van der Waals surface area contributed by atoms with Crippen molar-refractivity contribution < 1.29 is 4.42 Å². The van der Waals surface area contributed by atoms with Gasteiger partial charge in [-0.3, -0.25) is 0 Å². The van der Waals surface area contributed by atoms with E-state index in [1.54, 1.807) is 0 Å². The van der Waals surface area contributed by atoms with Gasteiger partial charge in [0, 0.05) is 5.56 Å². The lowest BCUT2D eigenvalue weighted by Gasteiger charge is -2.37. The van der Waals surface area contributed by atoms with E-state index in [9.17, 15) is 0 Å². The van der Waals surface area contributed by atoms with E-state index in [-0.39, 0.29) is 0 Å². The summed E-state index contributed by atoms with van der Waals surface area (Å²) < 4.78 is 5.99. The van der Waals surface area contributed by atoms with Crippen molar-refractivity contribution in [3.05, 3.63) is 47.7 Å². The molecule has 0 radical (unpaired) electrons. The highest BCUT2D eigenvalue weighted by Gasteiger charge is 2.41. The first-order chi connectivity index (χ1) is 11.3. The maximum absolute atomic E-state index is 5.99. The van der Waals surface area contributed by atoms with Crippen LogP contribution in [0.15, 0.2) is 40.8 Å². The minimum atomic E-state index is -1.71. The smallest absolute Gasteiger partial charge is 0.176 e. The minimum Gasteiger partial charge on any atom is -0.448 e. The van der Waals surface area contributed by atoms with Gasteiger partial charge >= 0.3 is 0 Å². The average molecular weight is 339 g/mol. The van der Waals surface area contributed by atoms with Crippen molar-refractivity contribution in [2.45, 2.75) is 65.1 Å². The van der Waals surface area contributed by atoms with Crippen LogP contribution >= 0.6 is 0 Å². The third-order valence-corrected chi connectivity index (χ3v) is 11.5. The first-order valence-corrected chi connectivity index (χ1v) is 11.2. The monoisotopic (exact) mass is 338 g/mol. The van der Waals surface area contributed by atoms with Gasteiger partial charge in [0.2, 0.25) is 0 Å². The molecule has 0 unspecified atom stereocenters. The predicted octanol–water partition coefficient (Wildman–Crippen LogP) is 6.82. The summed E-state index contributed by atoms with van der Waals surface area (Å²) in [5.74, 6) is 5.05. The molecule has 1 aromatic heterocycles. The molecule has 128 valence electrons. The van der Waals surface area contributed by atoms with Crippen molar-refractivity contribution in [2.24, 2.45) is 0 Å². The number of hydrogen-bond acceptors (Lipinski definition) is 1. The highest BCUT2D eigenvalue weighted by molar-refractivity contribution is 6.90. The Morgan fingerprint density at radius 1 is 0.792 bits per heavy atom. The van der Waals surface area contributed by atoms with Gasteiger partial charge in [0.25, 0.3) is 0 Å². The molecule has 0 spiro atoms. The van der Waals surface area contributed by atoms with Crippen LogP contribution in [0, 0.1) is 18.4 Å². The topological polar surface area (TPSA) is 13.1 Å². The van der Waals surface area contributed by atoms with Gasteiger partial charge in [-0.2, -0.15) is 0 Å². The van der Waals surface area contributed by atoms with Gasteiger partial charge in [0.15, 0.2) is 5.76 Å². The largest absolute Gasteiger partial charge is 0.448 e. The summed E-state index contributed by atoms with van der Waals surface area (Å²) >= 11 is 0. The number of aryl methyl sites for hydroxylation is 1. The van der Waals surface area contributed by atoms with E-state index in [4.69, 9.17) is 4.42 Å². The number of benzene rings is 1. The van der Waals surface area contributed by atoms with Crippen LogP contribution in [-0.2, 0) is 0 Å². The SMILES string of the molecule is Cc1ccc(-c2ccc(C#C[Si](C(C)C)(C(C)C)C(C)C)o2)cc1. The zero-order chi connectivity index (χ0) is 17.9. The Morgan fingerprint density at radius 3 is 1.83 bits per heavy atom. The van der Waals surface area contributed by atoms with Crippen molar-refractivity contribution in [1.29, 1.82) is 0 Å². The molecule has 2 rings (SSSR count). The predicted molar refractivity (Wildman–Crippen MR) is 107 cm³/mol. The Morgan fingerprint density at radius 2 is 1.33 bits per heavy atom. The summed E-state index contributed by atoms with van der Waals surface area (Å²) in [6.45, 7) is 16.1. The molecular formula is C22H30OSi. The molecule has 0 saturated carbocycles. The minimum absolute atomic E-state index is 0.636. The molecular weight excluding hydrogens is 308 g/mol. The van der Waals surface area contributed by atoms with Crippen LogP contribution in [0.2, 0.25) is 16.6 Å². The Labute approximate surface area is 148 Å². The van der Waals surface area contributed by atoms with Gasteiger partial charge in [-0.25, -0.2) is 0 Å². The lowest BCUT2D eigenvalue weighted by Crippen LogP contribution is -2.43. The quantitative estimate of drug-likeness (QED) is 0.440. The van der Waals surface area contributed by atoms with Crippen LogP contribution in [0.1, 0.15) is 52.9 Å². The second-order valence-electron chi connectivity index (χ2n) is 7.68. The fourth-order valence-electron chi connectivity index (χ4n) is 3.88. The lowest BCUT2D eigenvalue weighted by molar-refractivity contribution is 0.569. The van der Waals surface area contributed by atoms with E-state index < -0.39 is 8.07 Å². The molecule has 0 aliphatic carbocycles. The van der Waals surface area contributed by atoms with Gasteiger partial charge in [0.1, 0.15) is 13.8 Å². The van der Waals surface area contributed by atoms with E-state index in [1.807, 2.05) is 12.1 Å². The Hall–Kier alpha value is -1.72. The van der Waals surface area contributed by atoms with Gasteiger partial charge in [-0.15, -0.1) is 5.54 Å². The first-order valence-electron chi connectivity index (χ1n) is 8.97. The molecule has 0 fully saturated rings. The van der Waals surface area contributed by atoms with Crippen molar-refractivity contribution in [3.8, 4) is 22.8 Å². The van der Waals surface area contributed by atoms with Crippen molar-refractivity contribution in [3.63, 3.8) is 0 Å². The van der Waals surface area contributed by atoms with Crippen molar-refractivity contribution >= 4 is 8.07 Å². The van der Waals surface area contributed by atoms with E-state index in [0.717, 1.165) is 17.1 Å². The number of hydrogen-bond donors (Lipinski definition) is 0. The molecule has 2 heteroatoms. The molecule has 0 aliphatic heterocycles.